The molecule has 0 aromatic rings. The molecule has 0 aromatic carbocycles. The average Bonchev–Trinajstić information content (AvgIpc) is 2.80. The first-order chi connectivity index (χ1) is 15.4. The van der Waals surface area contributed by atoms with Crippen LogP contribution >= 0.6 is 0 Å². The molecular formula is C24H33N7O. The lowest BCUT2D eigenvalue weighted by Gasteiger charge is -2.27. The van der Waals surface area contributed by atoms with Crippen LogP contribution in [0, 0.1) is 22.7 Å². The molecule has 0 saturated carbocycles. The summed E-state index contributed by atoms with van der Waals surface area (Å²) in [4.78, 5) is 4.23. The van der Waals surface area contributed by atoms with Crippen molar-refractivity contribution in [2.24, 2.45) is 22.6 Å². The van der Waals surface area contributed by atoms with Crippen molar-refractivity contribution >= 4 is 18.3 Å². The molecule has 1 fully saturated rings. The number of rotatable bonds is 7. The second kappa shape index (κ2) is 10.8. The Balaban J connectivity index is 1.79. The second-order valence-corrected chi connectivity index (χ2v) is 8.21. The average molecular weight is 436 g/mol. The fraction of sp³-hybridized carbons (Fsp3) is 0.375. The normalized spacial score (nSPS) is 20.2. The van der Waals surface area contributed by atoms with Gasteiger partial charge >= 0.3 is 0 Å². The fourth-order valence-corrected chi connectivity index (χ4v) is 3.73. The molecule has 3 heterocycles. The molecule has 0 bridgehead atoms. The molecule has 170 valence electrons. The van der Waals surface area contributed by atoms with Gasteiger partial charge < -0.3 is 31.8 Å². The van der Waals surface area contributed by atoms with Crippen LogP contribution in [0.4, 0.5) is 0 Å². The Morgan fingerprint density at radius 2 is 2.03 bits per heavy atom. The predicted octanol–water partition coefficient (Wildman–Crippen LogP) is 2.82. The summed E-state index contributed by atoms with van der Waals surface area (Å²) in [7, 11) is 1.75. The molecule has 0 atom stereocenters. The molecule has 0 spiro atoms. The molecule has 3 aliphatic rings. The SMILES string of the molecule is CN=CC(C1=CNC2=CC=C(NC(=N)C=C(C=N)C(C)C)NC2=C1)=C(N)C1CCOCC1. The number of allylic oxidation sites excluding steroid dienone is 7. The van der Waals surface area contributed by atoms with Crippen LogP contribution in [0.5, 0.6) is 0 Å². The van der Waals surface area contributed by atoms with Crippen molar-refractivity contribution in [1.29, 1.82) is 10.8 Å². The highest BCUT2D eigenvalue weighted by Crippen LogP contribution is 2.28. The molecule has 0 radical (unpaired) electrons. The molecule has 1 saturated heterocycles. The van der Waals surface area contributed by atoms with E-state index in [1.54, 1.807) is 13.1 Å². The summed E-state index contributed by atoms with van der Waals surface area (Å²) >= 11 is 0. The standard InChI is InChI=1S/C24H33N7O/c1-15(2)17(12-25)11-22(26)31-23-5-4-20-21(30-23)10-18(13-29-20)19(14-28-3)24(27)16-6-8-32-9-7-16/h4-5,10-16,25,29-30H,6-9,27H2,1-3H3,(H2,26,31). The molecule has 0 unspecified atom stereocenters. The third kappa shape index (κ3) is 5.64. The highest BCUT2D eigenvalue weighted by Gasteiger charge is 2.22. The van der Waals surface area contributed by atoms with Crippen molar-refractivity contribution in [3.05, 3.63) is 70.1 Å². The highest BCUT2D eigenvalue weighted by atomic mass is 16.5. The maximum Gasteiger partial charge on any atom is 0.123 e. The van der Waals surface area contributed by atoms with Gasteiger partial charge in [-0.25, -0.2) is 0 Å². The molecule has 8 heteroatoms. The van der Waals surface area contributed by atoms with Crippen LogP contribution in [0.15, 0.2) is 75.1 Å². The van der Waals surface area contributed by atoms with E-state index >= 15 is 0 Å². The summed E-state index contributed by atoms with van der Waals surface area (Å²) in [6, 6.07) is 0. The first kappa shape index (κ1) is 23.3. The number of ether oxygens (including phenoxy) is 1. The third-order valence-corrected chi connectivity index (χ3v) is 5.61. The smallest absolute Gasteiger partial charge is 0.123 e. The maximum absolute atomic E-state index is 8.23. The minimum absolute atomic E-state index is 0.180. The van der Waals surface area contributed by atoms with Crippen LogP contribution in [-0.2, 0) is 4.74 Å². The second-order valence-electron chi connectivity index (χ2n) is 8.21. The monoisotopic (exact) mass is 435 g/mol. The number of nitrogens with one attached hydrogen (secondary N) is 5. The summed E-state index contributed by atoms with van der Waals surface area (Å²) in [5, 5.41) is 25.5. The Morgan fingerprint density at radius 3 is 2.69 bits per heavy atom. The molecule has 32 heavy (non-hydrogen) atoms. The Bertz CT molecular complexity index is 970. The number of fused-ring (bicyclic) bond motifs is 1. The Hall–Kier alpha value is -3.39. The van der Waals surface area contributed by atoms with Crippen molar-refractivity contribution in [2.75, 3.05) is 20.3 Å². The van der Waals surface area contributed by atoms with Crippen molar-refractivity contribution in [3.63, 3.8) is 0 Å². The van der Waals surface area contributed by atoms with Crippen LogP contribution in [0.25, 0.3) is 0 Å². The van der Waals surface area contributed by atoms with E-state index in [4.69, 9.17) is 21.3 Å². The van der Waals surface area contributed by atoms with Crippen molar-refractivity contribution in [3.8, 4) is 0 Å². The maximum atomic E-state index is 8.23. The van der Waals surface area contributed by atoms with E-state index in [-0.39, 0.29) is 17.7 Å². The summed E-state index contributed by atoms with van der Waals surface area (Å²) in [5.41, 5.74) is 11.9. The lowest BCUT2D eigenvalue weighted by atomic mass is 9.90. The number of nitrogens with zero attached hydrogens (tertiary/aromatic N) is 1. The summed E-state index contributed by atoms with van der Waals surface area (Å²) in [5.74, 6) is 1.36. The highest BCUT2D eigenvalue weighted by molar-refractivity contribution is 5.97. The Kier molecular flexibility index (Phi) is 7.83. The minimum atomic E-state index is 0.180. The van der Waals surface area contributed by atoms with E-state index in [2.05, 4.69) is 20.9 Å². The van der Waals surface area contributed by atoms with Crippen LogP contribution in [0.2, 0.25) is 0 Å². The predicted molar refractivity (Wildman–Crippen MR) is 130 cm³/mol. The summed E-state index contributed by atoms with van der Waals surface area (Å²) < 4.78 is 5.48. The van der Waals surface area contributed by atoms with Gasteiger partial charge in [0.15, 0.2) is 0 Å². The van der Waals surface area contributed by atoms with Gasteiger partial charge in [0, 0.05) is 61.7 Å². The molecule has 0 amide bonds. The van der Waals surface area contributed by atoms with Gasteiger partial charge in [0.05, 0.1) is 11.4 Å². The Morgan fingerprint density at radius 1 is 1.28 bits per heavy atom. The topological polar surface area (TPSA) is 131 Å². The van der Waals surface area contributed by atoms with E-state index in [1.165, 1.54) is 6.21 Å². The number of hydrogen-bond donors (Lipinski definition) is 6. The first-order valence-electron chi connectivity index (χ1n) is 10.9. The zero-order valence-electron chi connectivity index (χ0n) is 19.0. The molecule has 3 rings (SSSR count). The fourth-order valence-electron chi connectivity index (χ4n) is 3.73. The van der Waals surface area contributed by atoms with Gasteiger partial charge in [-0.15, -0.1) is 0 Å². The third-order valence-electron chi connectivity index (χ3n) is 5.61. The number of aliphatic imine (C=N–C) groups is 1. The molecule has 0 aromatic heterocycles. The van der Waals surface area contributed by atoms with E-state index in [1.807, 2.05) is 44.5 Å². The molecule has 3 aliphatic heterocycles. The van der Waals surface area contributed by atoms with Crippen LogP contribution < -0.4 is 21.7 Å². The van der Waals surface area contributed by atoms with Gasteiger partial charge in [0.1, 0.15) is 11.7 Å². The molecular weight excluding hydrogens is 402 g/mol. The molecule has 7 N–H and O–H groups in total. The number of dihydropyridines is 2. The quantitative estimate of drug-likeness (QED) is 0.270. The van der Waals surface area contributed by atoms with Crippen molar-refractivity contribution in [2.45, 2.75) is 26.7 Å². The number of nitrogens with two attached hydrogens (primary N) is 1. The van der Waals surface area contributed by atoms with Crippen molar-refractivity contribution < 1.29 is 4.74 Å². The van der Waals surface area contributed by atoms with Crippen LogP contribution in [0.3, 0.4) is 0 Å². The lowest BCUT2D eigenvalue weighted by molar-refractivity contribution is 0.0753. The largest absolute Gasteiger partial charge is 0.401 e. The van der Waals surface area contributed by atoms with Crippen molar-refractivity contribution in [1.82, 2.24) is 16.0 Å². The minimum Gasteiger partial charge on any atom is -0.401 e. The van der Waals surface area contributed by atoms with Gasteiger partial charge in [-0.3, -0.25) is 10.4 Å². The first-order valence-corrected chi connectivity index (χ1v) is 10.9. The van der Waals surface area contributed by atoms with Gasteiger partial charge in [-0.05, 0) is 48.6 Å². The van der Waals surface area contributed by atoms with E-state index in [0.29, 0.717) is 5.82 Å². The van der Waals surface area contributed by atoms with Crippen LogP contribution in [-0.4, -0.2) is 38.5 Å². The zero-order valence-corrected chi connectivity index (χ0v) is 19.0. The van der Waals surface area contributed by atoms with E-state index < -0.39 is 0 Å². The van der Waals surface area contributed by atoms with Gasteiger partial charge in [0.25, 0.3) is 0 Å². The molecule has 8 nitrogen and oxygen atoms in total. The summed E-state index contributed by atoms with van der Waals surface area (Å²) in [6.07, 6.45) is 14.4. The van der Waals surface area contributed by atoms with E-state index in [9.17, 15) is 0 Å². The van der Waals surface area contributed by atoms with Gasteiger partial charge in [-0.1, -0.05) is 13.8 Å². The lowest BCUT2D eigenvalue weighted by Crippen LogP contribution is -2.35. The zero-order chi connectivity index (χ0) is 23.1. The number of amidine groups is 1. The van der Waals surface area contributed by atoms with Gasteiger partial charge in [0.2, 0.25) is 0 Å². The van der Waals surface area contributed by atoms with E-state index in [0.717, 1.165) is 59.9 Å². The van der Waals surface area contributed by atoms with Crippen LogP contribution in [0.1, 0.15) is 26.7 Å². The Labute approximate surface area is 189 Å². The summed E-state index contributed by atoms with van der Waals surface area (Å²) in [6.45, 7) is 5.46. The number of hydrogen-bond acceptors (Lipinski definition) is 7. The molecule has 0 aliphatic carbocycles. The van der Waals surface area contributed by atoms with Gasteiger partial charge in [-0.2, -0.15) is 0 Å².